The average molecular weight is 274 g/mol. The molecule has 106 valence electrons. The highest BCUT2D eigenvalue weighted by atomic mass is 16.5. The first kappa shape index (κ1) is 13.0. The summed E-state index contributed by atoms with van der Waals surface area (Å²) >= 11 is 0. The summed E-state index contributed by atoms with van der Waals surface area (Å²) in [6, 6.07) is 7.40. The van der Waals surface area contributed by atoms with E-state index in [1.165, 1.54) is 0 Å². The van der Waals surface area contributed by atoms with Crippen LogP contribution in [0.15, 0.2) is 30.5 Å². The van der Waals surface area contributed by atoms with Crippen molar-refractivity contribution in [3.63, 3.8) is 0 Å². The van der Waals surface area contributed by atoms with Crippen molar-refractivity contribution in [1.82, 2.24) is 9.78 Å². The van der Waals surface area contributed by atoms with Crippen LogP contribution in [0, 0.1) is 0 Å². The van der Waals surface area contributed by atoms with Gasteiger partial charge in [-0.3, -0.25) is 4.68 Å². The third kappa shape index (κ3) is 2.36. The van der Waals surface area contributed by atoms with Crippen molar-refractivity contribution < 1.29 is 14.6 Å². The first-order chi connectivity index (χ1) is 9.79. The first-order valence-corrected chi connectivity index (χ1v) is 6.89. The topological polar surface area (TPSA) is 56.5 Å². The number of hydrogen-bond acceptors (Lipinski definition) is 4. The molecular weight excluding hydrogens is 256 g/mol. The first-order valence-electron chi connectivity index (χ1n) is 6.89. The molecule has 2 aromatic rings. The summed E-state index contributed by atoms with van der Waals surface area (Å²) in [5.41, 5.74) is 1.56. The second kappa shape index (κ2) is 5.54. The number of rotatable bonds is 3. The van der Waals surface area contributed by atoms with Gasteiger partial charge < -0.3 is 14.6 Å². The maximum atomic E-state index is 10.5. The van der Waals surface area contributed by atoms with Gasteiger partial charge in [0.25, 0.3) is 0 Å². The SMILES string of the molecule is CCn1nccc1C(O)c1ccc2c(c1)OCCCO2. The molecule has 1 atom stereocenters. The normalized spacial score (nSPS) is 15.7. The Balaban J connectivity index is 1.92. The predicted octanol–water partition coefficient (Wildman–Crippen LogP) is 2.15. The third-order valence-electron chi connectivity index (χ3n) is 3.42. The van der Waals surface area contributed by atoms with E-state index in [0.717, 1.165) is 30.0 Å². The number of aliphatic hydroxyl groups excluding tert-OH is 1. The van der Waals surface area contributed by atoms with Crippen LogP contribution in [0.1, 0.15) is 30.7 Å². The van der Waals surface area contributed by atoms with Gasteiger partial charge in [0.15, 0.2) is 11.5 Å². The molecule has 1 N–H and O–H groups in total. The van der Waals surface area contributed by atoms with E-state index >= 15 is 0 Å². The molecule has 3 rings (SSSR count). The molecule has 2 heterocycles. The summed E-state index contributed by atoms with van der Waals surface area (Å²) in [4.78, 5) is 0. The van der Waals surface area contributed by atoms with Crippen LogP contribution in [0.4, 0.5) is 0 Å². The molecule has 1 aliphatic heterocycles. The lowest BCUT2D eigenvalue weighted by molar-refractivity contribution is 0.207. The smallest absolute Gasteiger partial charge is 0.161 e. The van der Waals surface area contributed by atoms with E-state index in [4.69, 9.17) is 9.47 Å². The van der Waals surface area contributed by atoms with Gasteiger partial charge in [-0.15, -0.1) is 0 Å². The zero-order valence-corrected chi connectivity index (χ0v) is 11.5. The molecule has 20 heavy (non-hydrogen) atoms. The number of benzene rings is 1. The molecule has 0 bridgehead atoms. The van der Waals surface area contributed by atoms with Gasteiger partial charge in [-0.1, -0.05) is 6.07 Å². The van der Waals surface area contributed by atoms with Crippen molar-refractivity contribution in [2.24, 2.45) is 0 Å². The summed E-state index contributed by atoms with van der Waals surface area (Å²) in [5, 5.41) is 14.7. The highest BCUT2D eigenvalue weighted by Gasteiger charge is 2.18. The highest BCUT2D eigenvalue weighted by molar-refractivity contribution is 5.45. The van der Waals surface area contributed by atoms with Crippen molar-refractivity contribution in [1.29, 1.82) is 0 Å². The van der Waals surface area contributed by atoms with Crippen LogP contribution in [0.25, 0.3) is 0 Å². The summed E-state index contributed by atoms with van der Waals surface area (Å²) in [6.45, 7) is 4.03. The fourth-order valence-electron chi connectivity index (χ4n) is 2.36. The lowest BCUT2D eigenvalue weighted by atomic mass is 10.1. The van der Waals surface area contributed by atoms with Gasteiger partial charge >= 0.3 is 0 Å². The van der Waals surface area contributed by atoms with Crippen LogP contribution in [0.3, 0.4) is 0 Å². The Bertz CT molecular complexity index is 595. The van der Waals surface area contributed by atoms with Gasteiger partial charge in [0.05, 0.1) is 18.9 Å². The number of nitrogens with zero attached hydrogens (tertiary/aromatic N) is 2. The van der Waals surface area contributed by atoms with Crippen molar-refractivity contribution in [2.75, 3.05) is 13.2 Å². The second-order valence-corrected chi connectivity index (χ2v) is 4.73. The third-order valence-corrected chi connectivity index (χ3v) is 3.42. The van der Waals surface area contributed by atoms with Crippen LogP contribution in [0.5, 0.6) is 11.5 Å². The summed E-state index contributed by atoms with van der Waals surface area (Å²) in [6.07, 6.45) is 1.86. The van der Waals surface area contributed by atoms with E-state index in [0.29, 0.717) is 19.0 Å². The predicted molar refractivity (Wildman–Crippen MR) is 74.0 cm³/mol. The Morgan fingerprint density at radius 2 is 2.05 bits per heavy atom. The minimum atomic E-state index is -0.713. The van der Waals surface area contributed by atoms with Crippen molar-refractivity contribution in [3.05, 3.63) is 41.7 Å². The fourth-order valence-corrected chi connectivity index (χ4v) is 2.36. The van der Waals surface area contributed by atoms with Crippen LogP contribution in [-0.4, -0.2) is 28.1 Å². The van der Waals surface area contributed by atoms with Crippen LogP contribution >= 0.6 is 0 Å². The molecule has 0 fully saturated rings. The Morgan fingerprint density at radius 1 is 1.25 bits per heavy atom. The van der Waals surface area contributed by atoms with Crippen molar-refractivity contribution in [2.45, 2.75) is 26.0 Å². The average Bonchev–Trinajstić information content (AvgIpc) is 2.83. The number of aromatic nitrogens is 2. The Labute approximate surface area is 117 Å². The lowest BCUT2D eigenvalue weighted by Gasteiger charge is -2.15. The molecule has 5 heteroatoms. The molecule has 0 saturated heterocycles. The zero-order chi connectivity index (χ0) is 13.9. The largest absolute Gasteiger partial charge is 0.490 e. The van der Waals surface area contributed by atoms with Gasteiger partial charge in [0.2, 0.25) is 0 Å². The minimum Gasteiger partial charge on any atom is -0.490 e. The molecule has 0 spiro atoms. The van der Waals surface area contributed by atoms with E-state index in [1.807, 2.05) is 31.2 Å². The molecule has 0 amide bonds. The molecule has 1 aliphatic rings. The number of aliphatic hydroxyl groups is 1. The van der Waals surface area contributed by atoms with E-state index in [2.05, 4.69) is 5.10 Å². The number of hydrogen-bond donors (Lipinski definition) is 1. The molecule has 1 aromatic heterocycles. The Morgan fingerprint density at radius 3 is 2.85 bits per heavy atom. The maximum absolute atomic E-state index is 10.5. The van der Waals surface area contributed by atoms with Gasteiger partial charge in [-0.25, -0.2) is 0 Å². The lowest BCUT2D eigenvalue weighted by Crippen LogP contribution is -2.09. The minimum absolute atomic E-state index is 0.638. The summed E-state index contributed by atoms with van der Waals surface area (Å²) < 4.78 is 13.0. The molecule has 0 saturated carbocycles. The van der Waals surface area contributed by atoms with Gasteiger partial charge in [0, 0.05) is 19.2 Å². The van der Waals surface area contributed by atoms with Gasteiger partial charge in [-0.2, -0.15) is 5.10 Å². The number of fused-ring (bicyclic) bond motifs is 1. The van der Waals surface area contributed by atoms with Gasteiger partial charge in [-0.05, 0) is 30.7 Å². The van der Waals surface area contributed by atoms with E-state index in [9.17, 15) is 5.11 Å². The molecule has 1 aromatic carbocycles. The van der Waals surface area contributed by atoms with Crippen LogP contribution in [0.2, 0.25) is 0 Å². The van der Waals surface area contributed by atoms with E-state index in [-0.39, 0.29) is 0 Å². The Hall–Kier alpha value is -2.01. The quantitative estimate of drug-likeness (QED) is 0.931. The highest BCUT2D eigenvalue weighted by Crippen LogP contribution is 2.33. The van der Waals surface area contributed by atoms with Crippen molar-refractivity contribution in [3.8, 4) is 11.5 Å². The zero-order valence-electron chi connectivity index (χ0n) is 11.5. The molecule has 0 radical (unpaired) electrons. The molecule has 1 unspecified atom stereocenters. The Kier molecular flexibility index (Phi) is 3.60. The molecule has 0 aliphatic carbocycles. The molecule has 5 nitrogen and oxygen atoms in total. The van der Waals surface area contributed by atoms with Crippen LogP contribution < -0.4 is 9.47 Å². The summed E-state index contributed by atoms with van der Waals surface area (Å²) in [5.74, 6) is 1.43. The number of aryl methyl sites for hydroxylation is 1. The van der Waals surface area contributed by atoms with Gasteiger partial charge in [0.1, 0.15) is 6.10 Å². The monoisotopic (exact) mass is 274 g/mol. The second-order valence-electron chi connectivity index (χ2n) is 4.73. The fraction of sp³-hybridized carbons (Fsp3) is 0.400. The maximum Gasteiger partial charge on any atom is 0.161 e. The standard InChI is InChI=1S/C15H18N2O3/c1-2-17-12(6-7-16-17)15(18)11-4-5-13-14(10-11)20-9-3-8-19-13/h4-7,10,15,18H,2-3,8-9H2,1H3. The van der Waals surface area contributed by atoms with E-state index in [1.54, 1.807) is 10.9 Å². The van der Waals surface area contributed by atoms with Crippen molar-refractivity contribution >= 4 is 0 Å². The van der Waals surface area contributed by atoms with Crippen LogP contribution in [-0.2, 0) is 6.54 Å². The number of ether oxygens (including phenoxy) is 2. The van der Waals surface area contributed by atoms with E-state index < -0.39 is 6.10 Å². The molecular formula is C15H18N2O3. The summed E-state index contributed by atoms with van der Waals surface area (Å²) in [7, 11) is 0.